The Balaban J connectivity index is 2.75. The second kappa shape index (κ2) is 8.63. The van der Waals surface area contributed by atoms with Crippen LogP contribution < -0.4 is 5.73 Å². The number of halogens is 1. The van der Waals surface area contributed by atoms with Gasteiger partial charge in [-0.3, -0.25) is 4.90 Å². The Kier molecular flexibility index (Phi) is 7.52. The molecule has 4 heteroatoms. The zero-order chi connectivity index (χ0) is 15.1. The molecule has 0 aliphatic rings. The molecule has 0 amide bonds. The fourth-order valence-electron chi connectivity index (χ4n) is 2.49. The molecule has 1 rings (SSSR count). The van der Waals surface area contributed by atoms with Gasteiger partial charge in [-0.15, -0.1) is 0 Å². The fraction of sp³-hybridized carbons (Fsp3) is 0.625. The van der Waals surface area contributed by atoms with Gasteiger partial charge in [-0.1, -0.05) is 30.7 Å². The summed E-state index contributed by atoms with van der Waals surface area (Å²) in [6.07, 6.45) is 2.11. The van der Waals surface area contributed by atoms with E-state index in [2.05, 4.69) is 50.0 Å². The summed E-state index contributed by atoms with van der Waals surface area (Å²) >= 11 is 5.98. The summed E-state index contributed by atoms with van der Waals surface area (Å²) in [4.78, 5) is 4.58. The van der Waals surface area contributed by atoms with E-state index < -0.39 is 0 Å². The second-order valence-corrected chi connectivity index (χ2v) is 6.14. The number of hydrogen-bond acceptors (Lipinski definition) is 3. The number of nitrogens with two attached hydrogens (primary N) is 1. The predicted molar refractivity (Wildman–Crippen MR) is 88.3 cm³/mol. The van der Waals surface area contributed by atoms with Gasteiger partial charge in [0.25, 0.3) is 0 Å². The van der Waals surface area contributed by atoms with E-state index in [4.69, 9.17) is 17.3 Å². The molecule has 20 heavy (non-hydrogen) atoms. The zero-order valence-electron chi connectivity index (χ0n) is 13.1. The Hall–Kier alpha value is -0.610. The van der Waals surface area contributed by atoms with Crippen molar-refractivity contribution in [3.8, 4) is 0 Å². The van der Waals surface area contributed by atoms with Crippen LogP contribution in [-0.2, 0) is 0 Å². The monoisotopic (exact) mass is 297 g/mol. The first-order valence-corrected chi connectivity index (χ1v) is 7.69. The van der Waals surface area contributed by atoms with Crippen LogP contribution in [0.2, 0.25) is 5.02 Å². The van der Waals surface area contributed by atoms with Gasteiger partial charge >= 0.3 is 0 Å². The van der Waals surface area contributed by atoms with Crippen LogP contribution in [-0.4, -0.2) is 50.1 Å². The second-order valence-electron chi connectivity index (χ2n) is 5.71. The van der Waals surface area contributed by atoms with Crippen LogP contribution in [0.15, 0.2) is 24.3 Å². The van der Waals surface area contributed by atoms with Crippen molar-refractivity contribution in [1.82, 2.24) is 9.80 Å². The molecule has 0 saturated heterocycles. The van der Waals surface area contributed by atoms with Gasteiger partial charge in [-0.2, -0.15) is 0 Å². The normalized spacial score (nSPS) is 14.8. The lowest BCUT2D eigenvalue weighted by Crippen LogP contribution is -2.39. The maximum Gasteiger partial charge on any atom is 0.0496 e. The summed E-state index contributed by atoms with van der Waals surface area (Å²) < 4.78 is 0. The molecule has 3 nitrogen and oxygen atoms in total. The Bertz CT molecular complexity index is 378. The summed E-state index contributed by atoms with van der Waals surface area (Å²) in [5.74, 6) is 0. The lowest BCUT2D eigenvalue weighted by Gasteiger charge is -2.33. The largest absolute Gasteiger partial charge is 0.326 e. The van der Waals surface area contributed by atoms with Crippen molar-refractivity contribution in [2.75, 3.05) is 34.2 Å². The molecule has 0 spiro atoms. The van der Waals surface area contributed by atoms with Crippen molar-refractivity contribution < 1.29 is 0 Å². The van der Waals surface area contributed by atoms with Crippen molar-refractivity contribution in [2.24, 2.45) is 5.73 Å². The first-order valence-electron chi connectivity index (χ1n) is 7.31. The average Bonchev–Trinajstić information content (AvgIpc) is 2.40. The van der Waals surface area contributed by atoms with E-state index >= 15 is 0 Å². The van der Waals surface area contributed by atoms with E-state index in [-0.39, 0.29) is 12.1 Å². The zero-order valence-corrected chi connectivity index (χ0v) is 13.9. The van der Waals surface area contributed by atoms with Crippen LogP contribution in [0.1, 0.15) is 31.4 Å². The third-order valence-electron chi connectivity index (χ3n) is 3.68. The molecule has 0 aliphatic heterocycles. The highest BCUT2D eigenvalue weighted by Crippen LogP contribution is 2.25. The van der Waals surface area contributed by atoms with Gasteiger partial charge < -0.3 is 10.6 Å². The molecule has 114 valence electrons. The minimum atomic E-state index is 0.139. The summed E-state index contributed by atoms with van der Waals surface area (Å²) in [6.45, 7) is 4.28. The van der Waals surface area contributed by atoms with E-state index in [0.29, 0.717) is 0 Å². The SMILES string of the molecule is CCC(N)C(c1ccc(Cl)cc1)N(C)CCCN(C)C. The number of nitrogens with zero attached hydrogens (tertiary/aromatic N) is 2. The molecular weight excluding hydrogens is 270 g/mol. The first-order chi connectivity index (χ1) is 9.45. The Labute approximate surface area is 128 Å². The third-order valence-corrected chi connectivity index (χ3v) is 3.93. The number of likely N-dealkylation sites (N-methyl/N-ethyl adjacent to an activating group) is 1. The van der Waals surface area contributed by atoms with Crippen LogP contribution >= 0.6 is 11.6 Å². The van der Waals surface area contributed by atoms with Crippen LogP contribution in [0.4, 0.5) is 0 Å². The summed E-state index contributed by atoms with van der Waals surface area (Å²) in [6, 6.07) is 8.45. The highest BCUT2D eigenvalue weighted by atomic mass is 35.5. The first kappa shape index (κ1) is 17.4. The van der Waals surface area contributed by atoms with Crippen molar-refractivity contribution in [1.29, 1.82) is 0 Å². The minimum absolute atomic E-state index is 0.139. The molecule has 0 aliphatic carbocycles. The molecule has 1 aromatic rings. The van der Waals surface area contributed by atoms with E-state index in [1.165, 1.54) is 5.56 Å². The molecule has 0 aromatic heterocycles. The molecule has 0 radical (unpaired) electrons. The van der Waals surface area contributed by atoms with Gasteiger partial charge in [0.2, 0.25) is 0 Å². The molecule has 0 saturated carbocycles. The summed E-state index contributed by atoms with van der Waals surface area (Å²) in [5, 5.41) is 0.771. The number of benzene rings is 1. The van der Waals surface area contributed by atoms with Crippen LogP contribution in [0.3, 0.4) is 0 Å². The van der Waals surface area contributed by atoms with E-state index in [1.54, 1.807) is 0 Å². The Morgan fingerprint density at radius 3 is 2.20 bits per heavy atom. The van der Waals surface area contributed by atoms with Gasteiger partial charge in [0.1, 0.15) is 0 Å². The van der Waals surface area contributed by atoms with Crippen molar-refractivity contribution >= 4 is 11.6 Å². The topological polar surface area (TPSA) is 32.5 Å². The Morgan fingerprint density at radius 2 is 1.70 bits per heavy atom. The van der Waals surface area contributed by atoms with Gasteiger partial charge in [0, 0.05) is 17.1 Å². The lowest BCUT2D eigenvalue weighted by molar-refractivity contribution is 0.200. The molecule has 2 atom stereocenters. The molecule has 0 bridgehead atoms. The van der Waals surface area contributed by atoms with Gasteiger partial charge in [-0.25, -0.2) is 0 Å². The number of rotatable bonds is 8. The van der Waals surface area contributed by atoms with Crippen LogP contribution in [0.25, 0.3) is 0 Å². The van der Waals surface area contributed by atoms with Gasteiger partial charge in [0.05, 0.1) is 0 Å². The van der Waals surface area contributed by atoms with E-state index in [0.717, 1.165) is 31.0 Å². The van der Waals surface area contributed by atoms with Gasteiger partial charge in [0.15, 0.2) is 0 Å². The predicted octanol–water partition coefficient (Wildman–Crippen LogP) is 3.00. The maximum absolute atomic E-state index is 6.33. The molecule has 1 aromatic carbocycles. The maximum atomic E-state index is 6.33. The molecule has 0 fully saturated rings. The summed E-state index contributed by atoms with van der Waals surface area (Å²) in [5.41, 5.74) is 7.58. The lowest BCUT2D eigenvalue weighted by atomic mass is 9.96. The standard InChI is InChI=1S/C16H28ClN3/c1-5-15(18)16(13-7-9-14(17)10-8-13)20(4)12-6-11-19(2)3/h7-10,15-16H,5-6,11-12,18H2,1-4H3. The van der Waals surface area contributed by atoms with Crippen molar-refractivity contribution in [3.05, 3.63) is 34.9 Å². The van der Waals surface area contributed by atoms with E-state index in [1.807, 2.05) is 12.1 Å². The average molecular weight is 298 g/mol. The minimum Gasteiger partial charge on any atom is -0.326 e. The summed E-state index contributed by atoms with van der Waals surface area (Å²) in [7, 11) is 6.37. The molecule has 2 unspecified atom stereocenters. The van der Waals surface area contributed by atoms with Crippen molar-refractivity contribution in [3.63, 3.8) is 0 Å². The quantitative estimate of drug-likeness (QED) is 0.800. The molecule has 0 heterocycles. The highest BCUT2D eigenvalue weighted by molar-refractivity contribution is 6.30. The van der Waals surface area contributed by atoms with Gasteiger partial charge in [-0.05, 0) is 64.8 Å². The van der Waals surface area contributed by atoms with E-state index in [9.17, 15) is 0 Å². The Morgan fingerprint density at radius 1 is 1.10 bits per heavy atom. The smallest absolute Gasteiger partial charge is 0.0496 e. The molecule has 2 N–H and O–H groups in total. The fourth-order valence-corrected chi connectivity index (χ4v) is 2.61. The van der Waals surface area contributed by atoms with Crippen LogP contribution in [0, 0.1) is 0 Å². The highest BCUT2D eigenvalue weighted by Gasteiger charge is 2.22. The van der Waals surface area contributed by atoms with Crippen molar-refractivity contribution in [2.45, 2.75) is 31.8 Å². The van der Waals surface area contributed by atoms with Crippen LogP contribution in [0.5, 0.6) is 0 Å². The third kappa shape index (κ3) is 5.41. The molecular formula is C16H28ClN3. The number of hydrogen-bond donors (Lipinski definition) is 1.